The molecule has 0 aliphatic carbocycles. The van der Waals surface area contributed by atoms with E-state index in [4.69, 9.17) is 16.7 Å². The molecule has 0 aromatic heterocycles. The normalized spacial score (nSPS) is 13.6. The number of hydrogen-bond donors (Lipinski definition) is 1. The van der Waals surface area contributed by atoms with Gasteiger partial charge in [-0.2, -0.15) is 0 Å². The van der Waals surface area contributed by atoms with Gasteiger partial charge in [-0.3, -0.25) is 0 Å². The molecule has 0 heterocycles. The fourth-order valence-electron chi connectivity index (χ4n) is 0.268. The average Bonchev–Trinajstić information content (AvgIpc) is 1.83. The van der Waals surface area contributed by atoms with Crippen LogP contribution in [0.25, 0.3) is 0 Å². The molecular formula is C7H9ClO. The third kappa shape index (κ3) is 5.18. The predicted molar refractivity (Wildman–Crippen MR) is 40.5 cm³/mol. The van der Waals surface area contributed by atoms with Crippen molar-refractivity contribution >= 4 is 11.6 Å². The third-order valence-electron chi connectivity index (χ3n) is 0.679. The highest BCUT2D eigenvalue weighted by Crippen LogP contribution is 2.01. The molecule has 0 bridgehead atoms. The number of halogens is 1. The van der Waals surface area contributed by atoms with Gasteiger partial charge in [-0.25, -0.2) is 0 Å². The average molecular weight is 145 g/mol. The minimum absolute atomic E-state index is 0.231. The lowest BCUT2D eigenvalue weighted by Gasteiger charge is -1.83. The molecule has 0 aliphatic heterocycles. The zero-order chi connectivity index (χ0) is 7.28. The Morgan fingerprint density at radius 1 is 1.56 bits per heavy atom. The van der Waals surface area contributed by atoms with E-state index in [0.29, 0.717) is 5.03 Å². The van der Waals surface area contributed by atoms with Crippen molar-refractivity contribution in [3.05, 3.63) is 35.6 Å². The highest BCUT2D eigenvalue weighted by molar-refractivity contribution is 6.31. The van der Waals surface area contributed by atoms with Gasteiger partial charge in [0, 0.05) is 5.03 Å². The van der Waals surface area contributed by atoms with E-state index in [0.717, 1.165) is 0 Å². The van der Waals surface area contributed by atoms with Crippen LogP contribution < -0.4 is 0 Å². The number of rotatable bonds is 2. The van der Waals surface area contributed by atoms with Crippen molar-refractivity contribution in [3.63, 3.8) is 0 Å². The Labute approximate surface area is 60.0 Å². The molecule has 0 atom stereocenters. The number of aliphatic hydroxyl groups is 1. The summed E-state index contributed by atoms with van der Waals surface area (Å²) in [5.74, 6) is 0.231. The van der Waals surface area contributed by atoms with Crippen LogP contribution in [-0.4, -0.2) is 5.11 Å². The predicted octanol–water partition coefficient (Wildman–Crippen LogP) is 2.76. The first-order valence-electron chi connectivity index (χ1n) is 2.52. The molecular weight excluding hydrogens is 136 g/mol. The van der Waals surface area contributed by atoms with Crippen LogP contribution in [-0.2, 0) is 0 Å². The monoisotopic (exact) mass is 144 g/mol. The van der Waals surface area contributed by atoms with Crippen LogP contribution in [0.15, 0.2) is 35.6 Å². The highest BCUT2D eigenvalue weighted by atomic mass is 35.5. The third-order valence-corrected chi connectivity index (χ3v) is 0.959. The number of allylic oxidation sites excluding steroid dienone is 5. The summed E-state index contributed by atoms with van der Waals surface area (Å²) in [6.07, 6.45) is 4.58. The molecule has 0 unspecified atom stereocenters. The smallest absolute Gasteiger partial charge is 0.0892 e. The molecule has 0 amide bonds. The molecule has 0 aromatic carbocycles. The lowest BCUT2D eigenvalue weighted by Crippen LogP contribution is -1.66. The van der Waals surface area contributed by atoms with Gasteiger partial charge in [0.2, 0.25) is 0 Å². The Morgan fingerprint density at radius 2 is 2.11 bits per heavy atom. The Balaban J connectivity index is 3.98. The zero-order valence-corrected chi connectivity index (χ0v) is 6.02. The maximum absolute atomic E-state index is 8.62. The second-order valence-corrected chi connectivity index (χ2v) is 2.00. The fourth-order valence-corrected chi connectivity index (χ4v) is 0.331. The maximum Gasteiger partial charge on any atom is 0.0892 e. The van der Waals surface area contributed by atoms with Crippen molar-refractivity contribution in [1.82, 2.24) is 0 Å². The van der Waals surface area contributed by atoms with E-state index in [1.54, 1.807) is 13.0 Å². The lowest BCUT2D eigenvalue weighted by molar-refractivity contribution is 0.414. The summed E-state index contributed by atoms with van der Waals surface area (Å²) in [6, 6.07) is 0. The summed E-state index contributed by atoms with van der Waals surface area (Å²) in [5.41, 5.74) is 0. The van der Waals surface area contributed by atoms with Crippen LogP contribution in [0.2, 0.25) is 0 Å². The number of aliphatic hydroxyl groups excluding tert-OH is 1. The summed E-state index contributed by atoms with van der Waals surface area (Å²) in [6.45, 7) is 5.00. The van der Waals surface area contributed by atoms with E-state index < -0.39 is 0 Å². The Hall–Kier alpha value is -0.690. The van der Waals surface area contributed by atoms with Crippen LogP contribution in [0.4, 0.5) is 0 Å². The molecule has 0 spiro atoms. The summed E-state index contributed by atoms with van der Waals surface area (Å²) in [5, 5.41) is 9.14. The highest BCUT2D eigenvalue weighted by Gasteiger charge is 1.78. The second kappa shape index (κ2) is 4.21. The van der Waals surface area contributed by atoms with Crippen molar-refractivity contribution in [2.45, 2.75) is 6.92 Å². The standard InChI is InChI=1S/C7H9ClO/c1-3-7(8)5-4-6(2)9/h3-5,9H,1H2,2H3/b6-4+,7-5+. The van der Waals surface area contributed by atoms with Gasteiger partial charge in [0.15, 0.2) is 0 Å². The Bertz CT molecular complexity index is 152. The first-order chi connectivity index (χ1) is 4.16. The molecule has 0 aromatic rings. The minimum Gasteiger partial charge on any atom is -0.513 e. The molecule has 0 fully saturated rings. The zero-order valence-electron chi connectivity index (χ0n) is 5.26. The van der Waals surface area contributed by atoms with Crippen LogP contribution in [0.5, 0.6) is 0 Å². The largest absolute Gasteiger partial charge is 0.513 e. The van der Waals surface area contributed by atoms with Gasteiger partial charge in [-0.1, -0.05) is 24.3 Å². The summed E-state index contributed by atoms with van der Waals surface area (Å²) in [4.78, 5) is 0. The van der Waals surface area contributed by atoms with Gasteiger partial charge in [-0.05, 0) is 19.1 Å². The first-order valence-corrected chi connectivity index (χ1v) is 2.90. The van der Waals surface area contributed by atoms with E-state index in [2.05, 4.69) is 6.58 Å². The second-order valence-electron chi connectivity index (χ2n) is 1.56. The van der Waals surface area contributed by atoms with Crippen molar-refractivity contribution in [2.75, 3.05) is 0 Å². The molecule has 9 heavy (non-hydrogen) atoms. The van der Waals surface area contributed by atoms with Gasteiger partial charge >= 0.3 is 0 Å². The van der Waals surface area contributed by atoms with E-state index in [1.165, 1.54) is 12.2 Å². The molecule has 1 N–H and O–H groups in total. The molecule has 1 nitrogen and oxygen atoms in total. The van der Waals surface area contributed by atoms with Gasteiger partial charge in [0.05, 0.1) is 5.76 Å². The van der Waals surface area contributed by atoms with Crippen LogP contribution in [0.1, 0.15) is 6.92 Å². The summed E-state index contributed by atoms with van der Waals surface area (Å²) >= 11 is 5.50. The number of hydrogen-bond acceptors (Lipinski definition) is 1. The SMILES string of the molecule is C=C/C(Cl)=C\C=C(/C)O. The van der Waals surface area contributed by atoms with Gasteiger partial charge in [-0.15, -0.1) is 0 Å². The topological polar surface area (TPSA) is 20.2 Å². The van der Waals surface area contributed by atoms with Crippen molar-refractivity contribution in [1.29, 1.82) is 0 Å². The van der Waals surface area contributed by atoms with E-state index in [9.17, 15) is 0 Å². The van der Waals surface area contributed by atoms with Crippen molar-refractivity contribution in [2.24, 2.45) is 0 Å². The van der Waals surface area contributed by atoms with Gasteiger partial charge in [0.25, 0.3) is 0 Å². The lowest BCUT2D eigenvalue weighted by atomic mass is 10.4. The molecule has 0 saturated heterocycles. The summed E-state index contributed by atoms with van der Waals surface area (Å²) < 4.78 is 0. The Kier molecular flexibility index (Phi) is 3.89. The minimum atomic E-state index is 0.231. The van der Waals surface area contributed by atoms with Crippen molar-refractivity contribution < 1.29 is 5.11 Å². The van der Waals surface area contributed by atoms with Crippen LogP contribution >= 0.6 is 11.6 Å². The molecule has 50 valence electrons. The molecule has 0 aliphatic rings. The van der Waals surface area contributed by atoms with E-state index >= 15 is 0 Å². The van der Waals surface area contributed by atoms with Gasteiger partial charge in [0.1, 0.15) is 0 Å². The molecule has 0 radical (unpaired) electrons. The quantitative estimate of drug-likeness (QED) is 0.467. The maximum atomic E-state index is 8.62. The fraction of sp³-hybridized carbons (Fsp3) is 0.143. The van der Waals surface area contributed by atoms with Gasteiger partial charge < -0.3 is 5.11 Å². The summed E-state index contributed by atoms with van der Waals surface area (Å²) in [7, 11) is 0. The Morgan fingerprint density at radius 3 is 2.44 bits per heavy atom. The first kappa shape index (κ1) is 8.31. The molecule has 0 saturated carbocycles. The van der Waals surface area contributed by atoms with Crippen LogP contribution in [0.3, 0.4) is 0 Å². The van der Waals surface area contributed by atoms with Crippen molar-refractivity contribution in [3.8, 4) is 0 Å². The van der Waals surface area contributed by atoms with E-state index in [1.807, 2.05) is 0 Å². The van der Waals surface area contributed by atoms with E-state index in [-0.39, 0.29) is 5.76 Å². The molecule has 0 rings (SSSR count). The van der Waals surface area contributed by atoms with Crippen LogP contribution in [0, 0.1) is 0 Å². The molecule has 2 heteroatoms.